The van der Waals surface area contributed by atoms with E-state index in [1.807, 2.05) is 18.2 Å². The highest BCUT2D eigenvalue weighted by atomic mass is 127. The molecule has 1 saturated heterocycles. The molecule has 1 aromatic rings. The number of aliphatic imine (C=N–C) groups is 1. The molecule has 0 aromatic heterocycles. The summed E-state index contributed by atoms with van der Waals surface area (Å²) in [6.45, 7) is 5.32. The molecular formula is C18H29ClIN3O2. The lowest BCUT2D eigenvalue weighted by molar-refractivity contribution is -0.0320. The number of hydrogen-bond donors (Lipinski definition) is 2. The monoisotopic (exact) mass is 481 g/mol. The van der Waals surface area contributed by atoms with Crippen LogP contribution in [-0.4, -0.2) is 45.5 Å². The molecule has 1 unspecified atom stereocenters. The molecule has 1 aromatic carbocycles. The first-order chi connectivity index (χ1) is 11.7. The Morgan fingerprint density at radius 1 is 1.40 bits per heavy atom. The summed E-state index contributed by atoms with van der Waals surface area (Å²) in [6.07, 6.45) is 3.32. The summed E-state index contributed by atoms with van der Waals surface area (Å²) in [7, 11) is 1.78. The molecule has 2 N–H and O–H groups in total. The highest BCUT2D eigenvalue weighted by Crippen LogP contribution is 2.17. The van der Waals surface area contributed by atoms with E-state index in [2.05, 4.69) is 28.6 Å². The van der Waals surface area contributed by atoms with Crippen LogP contribution in [0.2, 0.25) is 5.02 Å². The van der Waals surface area contributed by atoms with E-state index < -0.39 is 0 Å². The molecule has 2 rings (SSSR count). The van der Waals surface area contributed by atoms with Gasteiger partial charge in [0.25, 0.3) is 0 Å². The van der Waals surface area contributed by atoms with Gasteiger partial charge in [-0.1, -0.05) is 23.7 Å². The normalized spacial score (nSPS) is 16.8. The van der Waals surface area contributed by atoms with Crippen LogP contribution >= 0.6 is 35.6 Å². The molecule has 7 heteroatoms. The Hall–Kier alpha value is -0.570. The Balaban J connectivity index is 0.00000312. The van der Waals surface area contributed by atoms with E-state index >= 15 is 0 Å². The van der Waals surface area contributed by atoms with E-state index in [0.717, 1.165) is 62.2 Å². The number of rotatable bonds is 7. The van der Waals surface area contributed by atoms with Crippen LogP contribution < -0.4 is 10.6 Å². The lowest BCUT2D eigenvalue weighted by atomic mass is 10.1. The fourth-order valence-electron chi connectivity index (χ4n) is 2.63. The highest BCUT2D eigenvalue weighted by molar-refractivity contribution is 14.0. The topological polar surface area (TPSA) is 54.9 Å². The Labute approximate surface area is 172 Å². The quantitative estimate of drug-likeness (QED) is 0.269. The van der Waals surface area contributed by atoms with E-state index in [1.54, 1.807) is 7.05 Å². The zero-order valence-corrected chi connectivity index (χ0v) is 18.1. The highest BCUT2D eigenvalue weighted by Gasteiger charge is 2.13. The van der Waals surface area contributed by atoms with Gasteiger partial charge in [-0.25, -0.2) is 0 Å². The van der Waals surface area contributed by atoms with Crippen molar-refractivity contribution in [3.63, 3.8) is 0 Å². The van der Waals surface area contributed by atoms with Crippen molar-refractivity contribution in [2.24, 2.45) is 4.99 Å². The fraction of sp³-hybridized carbons (Fsp3) is 0.611. The average molecular weight is 482 g/mol. The molecule has 1 aliphatic rings. The van der Waals surface area contributed by atoms with Gasteiger partial charge >= 0.3 is 0 Å². The van der Waals surface area contributed by atoms with Crippen LogP contribution in [0.1, 0.15) is 37.8 Å². The molecule has 0 saturated carbocycles. The predicted molar refractivity (Wildman–Crippen MR) is 114 cm³/mol. The molecule has 1 fully saturated rings. The maximum atomic E-state index is 6.05. The first-order valence-corrected chi connectivity index (χ1v) is 8.99. The molecule has 5 nitrogen and oxygen atoms in total. The number of halogens is 2. The molecule has 0 aliphatic carbocycles. The summed E-state index contributed by atoms with van der Waals surface area (Å²) in [5.74, 6) is 0.786. The number of hydrogen-bond acceptors (Lipinski definition) is 3. The standard InChI is InChI=1S/C18H28ClN3O2.HI/c1-14(15-5-3-6-16(19)13-15)22-18(20-2)21-9-4-10-24-17-7-11-23-12-8-17;/h3,5-6,13-14,17H,4,7-12H2,1-2H3,(H2,20,21,22);1H. The Morgan fingerprint density at radius 3 is 2.84 bits per heavy atom. The zero-order valence-electron chi connectivity index (χ0n) is 15.0. The summed E-state index contributed by atoms with van der Waals surface area (Å²) in [5.41, 5.74) is 1.13. The Kier molecular flexibility index (Phi) is 11.4. The number of ether oxygens (including phenoxy) is 2. The van der Waals surface area contributed by atoms with Crippen molar-refractivity contribution < 1.29 is 9.47 Å². The average Bonchev–Trinajstić information content (AvgIpc) is 2.61. The smallest absolute Gasteiger partial charge is 0.191 e. The minimum atomic E-state index is 0. The number of nitrogens with zero attached hydrogens (tertiary/aromatic N) is 1. The number of guanidine groups is 1. The maximum absolute atomic E-state index is 6.05. The van der Waals surface area contributed by atoms with E-state index in [1.165, 1.54) is 0 Å². The van der Waals surface area contributed by atoms with Gasteiger partial charge in [0.2, 0.25) is 0 Å². The summed E-state index contributed by atoms with van der Waals surface area (Å²) in [5, 5.41) is 7.44. The number of nitrogens with one attached hydrogen (secondary N) is 2. The van der Waals surface area contributed by atoms with Gasteiger partial charge in [0.15, 0.2) is 5.96 Å². The molecule has 0 radical (unpaired) electrons. The van der Waals surface area contributed by atoms with Crippen LogP contribution in [0.5, 0.6) is 0 Å². The molecule has 0 spiro atoms. The summed E-state index contributed by atoms with van der Waals surface area (Å²) >= 11 is 6.05. The number of benzene rings is 1. The van der Waals surface area contributed by atoms with Crippen molar-refractivity contribution in [1.82, 2.24) is 10.6 Å². The summed E-state index contributed by atoms with van der Waals surface area (Å²) in [6, 6.07) is 7.99. The van der Waals surface area contributed by atoms with E-state index in [4.69, 9.17) is 21.1 Å². The van der Waals surface area contributed by atoms with Crippen molar-refractivity contribution in [2.45, 2.75) is 38.3 Å². The van der Waals surface area contributed by atoms with Crippen LogP contribution in [0.25, 0.3) is 0 Å². The molecule has 0 amide bonds. The lowest BCUT2D eigenvalue weighted by Gasteiger charge is -2.22. The van der Waals surface area contributed by atoms with E-state index in [9.17, 15) is 0 Å². The third kappa shape index (κ3) is 8.57. The van der Waals surface area contributed by atoms with Crippen LogP contribution in [0, 0.1) is 0 Å². The summed E-state index contributed by atoms with van der Waals surface area (Å²) in [4.78, 5) is 4.27. The lowest BCUT2D eigenvalue weighted by Crippen LogP contribution is -2.39. The van der Waals surface area contributed by atoms with Gasteiger partial charge in [0.1, 0.15) is 0 Å². The molecule has 1 aliphatic heterocycles. The van der Waals surface area contributed by atoms with Gasteiger partial charge in [0.05, 0.1) is 12.1 Å². The second kappa shape index (κ2) is 12.7. The van der Waals surface area contributed by atoms with Crippen molar-refractivity contribution in [1.29, 1.82) is 0 Å². The minimum absolute atomic E-state index is 0. The van der Waals surface area contributed by atoms with E-state index in [0.29, 0.717) is 6.10 Å². The van der Waals surface area contributed by atoms with Gasteiger partial charge in [0, 0.05) is 38.4 Å². The molecule has 1 heterocycles. The van der Waals surface area contributed by atoms with Crippen LogP contribution in [0.4, 0.5) is 0 Å². The van der Waals surface area contributed by atoms with Gasteiger partial charge in [-0.05, 0) is 43.9 Å². The third-order valence-electron chi connectivity index (χ3n) is 4.06. The molecular weight excluding hydrogens is 453 g/mol. The molecule has 142 valence electrons. The van der Waals surface area contributed by atoms with Gasteiger partial charge in [-0.15, -0.1) is 24.0 Å². The largest absolute Gasteiger partial charge is 0.381 e. The molecule has 25 heavy (non-hydrogen) atoms. The van der Waals surface area contributed by atoms with Crippen molar-refractivity contribution in [2.75, 3.05) is 33.4 Å². The van der Waals surface area contributed by atoms with Crippen molar-refractivity contribution in [3.05, 3.63) is 34.9 Å². The second-order valence-corrected chi connectivity index (χ2v) is 6.39. The molecule has 0 bridgehead atoms. The van der Waals surface area contributed by atoms with Crippen molar-refractivity contribution >= 4 is 41.5 Å². The van der Waals surface area contributed by atoms with Crippen LogP contribution in [-0.2, 0) is 9.47 Å². The van der Waals surface area contributed by atoms with E-state index in [-0.39, 0.29) is 30.0 Å². The van der Waals surface area contributed by atoms with Crippen molar-refractivity contribution in [3.8, 4) is 0 Å². The fourth-order valence-corrected chi connectivity index (χ4v) is 2.83. The predicted octanol–water partition coefficient (Wildman–Crippen LogP) is 3.77. The summed E-state index contributed by atoms with van der Waals surface area (Å²) < 4.78 is 11.2. The first-order valence-electron chi connectivity index (χ1n) is 8.61. The third-order valence-corrected chi connectivity index (χ3v) is 4.30. The second-order valence-electron chi connectivity index (χ2n) is 5.96. The maximum Gasteiger partial charge on any atom is 0.191 e. The first kappa shape index (κ1) is 22.5. The Bertz CT molecular complexity index is 525. The van der Waals surface area contributed by atoms with Crippen LogP contribution in [0.15, 0.2) is 29.3 Å². The van der Waals surface area contributed by atoms with Gasteiger partial charge < -0.3 is 20.1 Å². The van der Waals surface area contributed by atoms with Crippen LogP contribution in [0.3, 0.4) is 0 Å². The SMILES string of the molecule is CN=C(NCCCOC1CCOCC1)NC(C)c1cccc(Cl)c1.I. The molecule has 1 atom stereocenters. The minimum Gasteiger partial charge on any atom is -0.381 e. The zero-order chi connectivity index (χ0) is 17.2. The van der Waals surface area contributed by atoms with Gasteiger partial charge in [-0.3, -0.25) is 4.99 Å². The van der Waals surface area contributed by atoms with Gasteiger partial charge in [-0.2, -0.15) is 0 Å². The Morgan fingerprint density at radius 2 is 2.16 bits per heavy atom.